The molecule has 3 amide bonds. The van der Waals surface area contributed by atoms with Crippen LogP contribution in [0, 0.1) is 5.92 Å². The summed E-state index contributed by atoms with van der Waals surface area (Å²) in [6, 6.07) is 3.70. The van der Waals surface area contributed by atoms with Gasteiger partial charge in [0.05, 0.1) is 18.9 Å². The molecule has 1 rings (SSSR count). The number of aliphatic carboxylic acids is 2. The first-order chi connectivity index (χ1) is 18.1. The van der Waals surface area contributed by atoms with Crippen LogP contribution in [0.1, 0.15) is 32.3 Å². The number of rotatable bonds is 16. The van der Waals surface area contributed by atoms with Crippen molar-refractivity contribution < 1.29 is 52.1 Å². The first-order valence-corrected chi connectivity index (χ1v) is 13.3. The van der Waals surface area contributed by atoms with Crippen LogP contribution >= 0.6 is 0 Å². The van der Waals surface area contributed by atoms with E-state index in [1.165, 1.54) is 13.8 Å². The maximum atomic E-state index is 12.9. The fraction of sp³-hybridized carbons (Fsp3) is 0.417. The topological polar surface area (TPSA) is 222 Å². The summed E-state index contributed by atoms with van der Waals surface area (Å²) in [5.74, 6) is -7.95. The molecule has 0 aromatic heterocycles. The Morgan fingerprint density at radius 3 is 1.97 bits per heavy atom. The SMILES string of the molecule is C=CS(=O)(=O)CC(=O)[C@H](CC(=O)O)NC(=O)[C@@H](NC(=O)[C@H](CC(=O)O)NC(=O)OCc1ccccc1)C(C)C. The lowest BCUT2D eigenvalue weighted by molar-refractivity contribution is -0.140. The summed E-state index contributed by atoms with van der Waals surface area (Å²) in [6.07, 6.45) is -2.90. The number of carboxylic acid groups (broad SMARTS) is 2. The third kappa shape index (κ3) is 12.2. The van der Waals surface area contributed by atoms with E-state index in [9.17, 15) is 42.3 Å². The van der Waals surface area contributed by atoms with E-state index < -0.39 is 88.1 Å². The Morgan fingerprint density at radius 2 is 1.46 bits per heavy atom. The Bertz CT molecular complexity index is 1180. The monoisotopic (exact) mass is 569 g/mol. The van der Waals surface area contributed by atoms with E-state index >= 15 is 0 Å². The summed E-state index contributed by atoms with van der Waals surface area (Å²) >= 11 is 0. The maximum absolute atomic E-state index is 12.9. The molecule has 0 radical (unpaired) electrons. The van der Waals surface area contributed by atoms with Crippen LogP contribution < -0.4 is 16.0 Å². The van der Waals surface area contributed by atoms with E-state index in [0.29, 0.717) is 11.0 Å². The van der Waals surface area contributed by atoms with Gasteiger partial charge in [-0.3, -0.25) is 24.0 Å². The summed E-state index contributed by atoms with van der Waals surface area (Å²) in [6.45, 7) is 5.89. The molecule has 1 aromatic rings. The van der Waals surface area contributed by atoms with Crippen molar-refractivity contribution in [2.24, 2.45) is 5.92 Å². The summed E-state index contributed by atoms with van der Waals surface area (Å²) < 4.78 is 28.4. The first kappa shape index (κ1) is 32.8. The van der Waals surface area contributed by atoms with Crippen molar-refractivity contribution in [2.45, 2.75) is 51.4 Å². The van der Waals surface area contributed by atoms with E-state index in [2.05, 4.69) is 22.5 Å². The average molecular weight is 570 g/mol. The Morgan fingerprint density at radius 1 is 0.897 bits per heavy atom. The molecule has 14 nitrogen and oxygen atoms in total. The van der Waals surface area contributed by atoms with Gasteiger partial charge in [-0.15, -0.1) is 0 Å². The molecule has 0 heterocycles. The molecule has 0 saturated carbocycles. The number of carbonyl (C=O) groups is 6. The molecule has 3 atom stereocenters. The second kappa shape index (κ2) is 15.2. The van der Waals surface area contributed by atoms with Crippen LogP contribution in [-0.2, 0) is 45.2 Å². The van der Waals surface area contributed by atoms with Gasteiger partial charge in [0, 0.05) is 5.41 Å². The number of benzene rings is 1. The highest BCUT2D eigenvalue weighted by molar-refractivity contribution is 7.94. The van der Waals surface area contributed by atoms with E-state index in [4.69, 9.17) is 9.84 Å². The number of carboxylic acids is 2. The fourth-order valence-electron chi connectivity index (χ4n) is 3.12. The zero-order valence-electron chi connectivity index (χ0n) is 21.3. The molecule has 39 heavy (non-hydrogen) atoms. The number of carbonyl (C=O) groups excluding carboxylic acids is 4. The van der Waals surface area contributed by atoms with Gasteiger partial charge in [0.15, 0.2) is 15.6 Å². The van der Waals surface area contributed by atoms with E-state index in [1.807, 2.05) is 0 Å². The third-order valence-electron chi connectivity index (χ3n) is 5.13. The number of nitrogens with one attached hydrogen (secondary N) is 3. The Labute approximate surface area is 224 Å². The van der Waals surface area contributed by atoms with Crippen molar-refractivity contribution in [3.63, 3.8) is 0 Å². The molecule has 0 bridgehead atoms. The standard InChI is InChI=1S/C24H31N3O11S/c1-4-39(36,37)13-18(28)16(10-19(29)30)25-23(34)21(14(2)3)27-22(33)17(11-20(31)32)26-24(35)38-12-15-8-6-5-7-9-15/h4-9,14,16-17,21H,1,10-13H2,2-3H3,(H,25,34)(H,26,35)(H,27,33)(H,29,30)(H,31,32)/t16-,17-,21-/m0/s1. The number of sulfone groups is 1. The molecular weight excluding hydrogens is 538 g/mol. The van der Waals surface area contributed by atoms with Crippen molar-refractivity contribution in [3.05, 3.63) is 47.9 Å². The number of alkyl carbamates (subject to hydrolysis) is 1. The van der Waals surface area contributed by atoms with Crippen LogP contribution in [0.4, 0.5) is 4.79 Å². The lowest BCUT2D eigenvalue weighted by Crippen LogP contribution is -2.58. The molecule has 0 aliphatic rings. The predicted molar refractivity (Wildman–Crippen MR) is 136 cm³/mol. The minimum atomic E-state index is -4.06. The van der Waals surface area contributed by atoms with E-state index in [0.717, 1.165) is 0 Å². The third-order valence-corrected chi connectivity index (χ3v) is 6.32. The van der Waals surface area contributed by atoms with Crippen LogP contribution in [0.3, 0.4) is 0 Å². The summed E-state index contributed by atoms with van der Waals surface area (Å²) in [4.78, 5) is 72.8. The second-order valence-corrected chi connectivity index (χ2v) is 10.6. The molecule has 1 aromatic carbocycles. The number of hydrogen-bond acceptors (Lipinski definition) is 9. The first-order valence-electron chi connectivity index (χ1n) is 11.5. The molecular formula is C24H31N3O11S. The zero-order chi connectivity index (χ0) is 29.8. The highest BCUT2D eigenvalue weighted by Crippen LogP contribution is 2.08. The lowest BCUT2D eigenvalue weighted by Gasteiger charge is -2.26. The molecule has 214 valence electrons. The van der Waals surface area contributed by atoms with Crippen molar-refractivity contribution in [2.75, 3.05) is 5.75 Å². The number of ether oxygens (including phenoxy) is 1. The van der Waals surface area contributed by atoms with Crippen LogP contribution in [0.25, 0.3) is 0 Å². The number of hydrogen-bond donors (Lipinski definition) is 5. The van der Waals surface area contributed by atoms with E-state index in [-0.39, 0.29) is 6.61 Å². The van der Waals surface area contributed by atoms with E-state index in [1.54, 1.807) is 30.3 Å². The van der Waals surface area contributed by atoms with Gasteiger partial charge in [-0.05, 0) is 11.5 Å². The molecule has 5 N–H and O–H groups in total. The van der Waals surface area contributed by atoms with Crippen LogP contribution in [0.5, 0.6) is 0 Å². The minimum absolute atomic E-state index is 0.161. The van der Waals surface area contributed by atoms with Crippen LogP contribution in [0.15, 0.2) is 42.3 Å². The summed E-state index contributed by atoms with van der Waals surface area (Å²) in [5, 5.41) is 25.3. The van der Waals surface area contributed by atoms with Gasteiger partial charge in [0.2, 0.25) is 11.8 Å². The molecule has 0 fully saturated rings. The number of ketones is 1. The quantitative estimate of drug-likeness (QED) is 0.178. The zero-order valence-corrected chi connectivity index (χ0v) is 22.1. The Balaban J connectivity index is 2.99. The molecule has 0 saturated heterocycles. The minimum Gasteiger partial charge on any atom is -0.481 e. The van der Waals surface area contributed by atoms with Gasteiger partial charge in [-0.2, -0.15) is 0 Å². The van der Waals surface area contributed by atoms with Crippen molar-refractivity contribution >= 4 is 45.5 Å². The van der Waals surface area contributed by atoms with Gasteiger partial charge < -0.3 is 30.9 Å². The van der Waals surface area contributed by atoms with Crippen LogP contribution in [-0.4, -0.2) is 78.1 Å². The van der Waals surface area contributed by atoms with Gasteiger partial charge in [-0.1, -0.05) is 50.8 Å². The van der Waals surface area contributed by atoms with Crippen molar-refractivity contribution in [1.29, 1.82) is 0 Å². The highest BCUT2D eigenvalue weighted by Gasteiger charge is 2.33. The summed E-state index contributed by atoms with van der Waals surface area (Å²) in [5.41, 5.74) is 0.634. The molecule has 0 unspecified atom stereocenters. The Hall–Kier alpha value is -4.27. The smallest absolute Gasteiger partial charge is 0.408 e. The van der Waals surface area contributed by atoms with Gasteiger partial charge in [0.25, 0.3) is 0 Å². The Kier molecular flexibility index (Phi) is 12.8. The lowest BCUT2D eigenvalue weighted by atomic mass is 10.0. The maximum Gasteiger partial charge on any atom is 0.408 e. The van der Waals surface area contributed by atoms with Gasteiger partial charge in [0.1, 0.15) is 24.4 Å². The normalized spacial score (nSPS) is 13.3. The van der Waals surface area contributed by atoms with Crippen LogP contribution in [0.2, 0.25) is 0 Å². The largest absolute Gasteiger partial charge is 0.481 e. The number of amides is 3. The predicted octanol–water partition coefficient (Wildman–Crippen LogP) is -0.0162. The van der Waals surface area contributed by atoms with Gasteiger partial charge in [-0.25, -0.2) is 13.2 Å². The second-order valence-electron chi connectivity index (χ2n) is 8.69. The molecule has 0 aliphatic carbocycles. The summed E-state index contributed by atoms with van der Waals surface area (Å²) in [7, 11) is -4.06. The molecule has 0 spiro atoms. The molecule has 0 aliphatic heterocycles. The number of Topliss-reactive ketones (excluding diaryl/α,β-unsaturated/α-hetero) is 1. The fourth-order valence-corrected chi connectivity index (χ4v) is 3.83. The van der Waals surface area contributed by atoms with Gasteiger partial charge >= 0.3 is 18.0 Å². The molecule has 15 heteroatoms. The average Bonchev–Trinajstić information content (AvgIpc) is 2.84. The highest BCUT2D eigenvalue weighted by atomic mass is 32.2. The van der Waals surface area contributed by atoms with Crippen molar-refractivity contribution in [1.82, 2.24) is 16.0 Å². The van der Waals surface area contributed by atoms with Crippen molar-refractivity contribution in [3.8, 4) is 0 Å².